The SMILES string of the molecule is CC[C@H]1COCCN1C(=O)Nc1ccc(OC(F)F)c(F)c1. The fourth-order valence-electron chi connectivity index (χ4n) is 2.23. The van der Waals surface area contributed by atoms with E-state index in [-0.39, 0.29) is 17.8 Å². The number of carbonyl (C=O) groups excluding carboxylic acids is 1. The third kappa shape index (κ3) is 4.03. The molecule has 2 rings (SSSR count). The van der Waals surface area contributed by atoms with Crippen LogP contribution in [0.15, 0.2) is 18.2 Å². The number of carbonyl (C=O) groups is 1. The third-order valence-electron chi connectivity index (χ3n) is 3.36. The fraction of sp³-hybridized carbons (Fsp3) is 0.500. The summed E-state index contributed by atoms with van der Waals surface area (Å²) in [6.45, 7) is 0.183. The van der Waals surface area contributed by atoms with Crippen LogP contribution in [0.1, 0.15) is 13.3 Å². The molecule has 1 heterocycles. The molecular weight excluding hydrogens is 301 g/mol. The molecular formula is C14H17F3N2O3. The Morgan fingerprint density at radius 3 is 2.95 bits per heavy atom. The van der Waals surface area contributed by atoms with Crippen LogP contribution in [0.2, 0.25) is 0 Å². The topological polar surface area (TPSA) is 50.8 Å². The molecule has 0 spiro atoms. The molecule has 22 heavy (non-hydrogen) atoms. The van der Waals surface area contributed by atoms with E-state index in [2.05, 4.69) is 10.1 Å². The molecule has 0 unspecified atom stereocenters. The van der Waals surface area contributed by atoms with Crippen molar-refractivity contribution in [3.8, 4) is 5.75 Å². The fourth-order valence-corrected chi connectivity index (χ4v) is 2.23. The third-order valence-corrected chi connectivity index (χ3v) is 3.36. The van der Waals surface area contributed by atoms with E-state index < -0.39 is 18.2 Å². The molecule has 0 aromatic heterocycles. The normalized spacial score (nSPS) is 18.4. The summed E-state index contributed by atoms with van der Waals surface area (Å²) in [6, 6.07) is 2.88. The van der Waals surface area contributed by atoms with Crippen molar-refractivity contribution in [1.82, 2.24) is 4.90 Å². The van der Waals surface area contributed by atoms with Gasteiger partial charge in [-0.05, 0) is 18.6 Å². The molecule has 122 valence electrons. The standard InChI is InChI=1S/C14H17F3N2O3/c1-2-10-8-21-6-5-19(10)14(20)18-9-3-4-12(11(15)7-9)22-13(16)17/h3-4,7,10,13H,2,5-6,8H2,1H3,(H,18,20)/t10-/m0/s1. The lowest BCUT2D eigenvalue weighted by molar-refractivity contribution is -0.0521. The first-order valence-corrected chi connectivity index (χ1v) is 6.91. The number of nitrogens with zero attached hydrogens (tertiary/aromatic N) is 1. The molecule has 2 amide bonds. The average Bonchev–Trinajstić information content (AvgIpc) is 2.49. The number of nitrogens with one attached hydrogen (secondary N) is 1. The summed E-state index contributed by atoms with van der Waals surface area (Å²) in [4.78, 5) is 13.8. The summed E-state index contributed by atoms with van der Waals surface area (Å²) >= 11 is 0. The second kappa shape index (κ2) is 7.35. The lowest BCUT2D eigenvalue weighted by atomic mass is 10.2. The molecule has 0 bridgehead atoms. The van der Waals surface area contributed by atoms with Crippen LogP contribution in [-0.4, -0.2) is 43.3 Å². The first kappa shape index (κ1) is 16.4. The molecule has 1 atom stereocenters. The predicted octanol–water partition coefficient (Wildman–Crippen LogP) is 3.07. The zero-order valence-corrected chi connectivity index (χ0v) is 12.0. The largest absolute Gasteiger partial charge is 0.432 e. The zero-order chi connectivity index (χ0) is 16.1. The summed E-state index contributed by atoms with van der Waals surface area (Å²) < 4.78 is 47.0. The smallest absolute Gasteiger partial charge is 0.387 e. The second-order valence-electron chi connectivity index (χ2n) is 4.78. The van der Waals surface area contributed by atoms with Gasteiger partial charge >= 0.3 is 12.6 Å². The van der Waals surface area contributed by atoms with Crippen molar-refractivity contribution in [3.05, 3.63) is 24.0 Å². The number of halogens is 3. The Kier molecular flexibility index (Phi) is 5.48. The molecule has 1 fully saturated rings. The van der Waals surface area contributed by atoms with Gasteiger partial charge in [0.1, 0.15) is 0 Å². The molecule has 5 nitrogen and oxygen atoms in total. The predicted molar refractivity (Wildman–Crippen MR) is 73.7 cm³/mol. The van der Waals surface area contributed by atoms with Crippen LogP contribution < -0.4 is 10.1 Å². The summed E-state index contributed by atoms with van der Waals surface area (Å²) in [6.07, 6.45) is 0.739. The second-order valence-corrected chi connectivity index (χ2v) is 4.78. The van der Waals surface area contributed by atoms with Gasteiger partial charge in [0, 0.05) is 18.3 Å². The van der Waals surface area contributed by atoms with Crippen LogP contribution in [0.4, 0.5) is 23.7 Å². The van der Waals surface area contributed by atoms with Crippen LogP contribution in [0, 0.1) is 5.82 Å². The number of ether oxygens (including phenoxy) is 2. The molecule has 1 aliphatic heterocycles. The molecule has 0 aliphatic carbocycles. The Labute approximate surface area is 126 Å². The van der Waals surface area contributed by atoms with E-state index in [1.807, 2.05) is 6.92 Å². The first-order chi connectivity index (χ1) is 10.5. The first-order valence-electron chi connectivity index (χ1n) is 6.91. The molecule has 0 radical (unpaired) electrons. The molecule has 1 aliphatic rings. The van der Waals surface area contributed by atoms with Crippen molar-refractivity contribution >= 4 is 11.7 Å². The van der Waals surface area contributed by atoms with Gasteiger partial charge < -0.3 is 19.7 Å². The van der Waals surface area contributed by atoms with Gasteiger partial charge in [0.05, 0.1) is 19.3 Å². The quantitative estimate of drug-likeness (QED) is 0.928. The van der Waals surface area contributed by atoms with E-state index in [1.165, 1.54) is 6.07 Å². The highest BCUT2D eigenvalue weighted by Crippen LogP contribution is 2.23. The highest BCUT2D eigenvalue weighted by molar-refractivity contribution is 5.89. The number of amides is 2. The Hall–Kier alpha value is -1.96. The minimum absolute atomic E-state index is 0.0416. The van der Waals surface area contributed by atoms with Crippen molar-refractivity contribution in [2.45, 2.75) is 26.0 Å². The Bertz CT molecular complexity index is 528. The van der Waals surface area contributed by atoms with Gasteiger partial charge in [0.15, 0.2) is 11.6 Å². The lowest BCUT2D eigenvalue weighted by Crippen LogP contribution is -2.50. The Morgan fingerprint density at radius 1 is 1.55 bits per heavy atom. The number of anilines is 1. The van der Waals surface area contributed by atoms with Crippen molar-refractivity contribution < 1.29 is 27.4 Å². The highest BCUT2D eigenvalue weighted by atomic mass is 19.3. The summed E-state index contributed by atoms with van der Waals surface area (Å²) in [5, 5.41) is 2.55. The molecule has 1 aromatic carbocycles. The maximum atomic E-state index is 13.6. The van der Waals surface area contributed by atoms with Crippen LogP contribution in [0.5, 0.6) is 5.75 Å². The van der Waals surface area contributed by atoms with Crippen molar-refractivity contribution in [1.29, 1.82) is 0 Å². The Morgan fingerprint density at radius 2 is 2.32 bits per heavy atom. The minimum Gasteiger partial charge on any atom is -0.432 e. The number of hydrogen-bond acceptors (Lipinski definition) is 3. The lowest BCUT2D eigenvalue weighted by Gasteiger charge is -2.35. The number of morpholine rings is 1. The summed E-state index contributed by atoms with van der Waals surface area (Å²) in [7, 11) is 0. The van der Waals surface area contributed by atoms with Gasteiger partial charge in [-0.2, -0.15) is 8.78 Å². The maximum absolute atomic E-state index is 13.6. The monoisotopic (exact) mass is 318 g/mol. The van der Waals surface area contributed by atoms with Gasteiger partial charge in [0.25, 0.3) is 0 Å². The van der Waals surface area contributed by atoms with E-state index in [0.29, 0.717) is 19.8 Å². The number of urea groups is 1. The zero-order valence-electron chi connectivity index (χ0n) is 12.0. The van der Waals surface area contributed by atoms with Crippen LogP contribution >= 0.6 is 0 Å². The maximum Gasteiger partial charge on any atom is 0.387 e. The van der Waals surface area contributed by atoms with E-state index in [4.69, 9.17) is 4.74 Å². The average molecular weight is 318 g/mol. The molecule has 1 saturated heterocycles. The van der Waals surface area contributed by atoms with E-state index in [1.54, 1.807) is 4.90 Å². The number of rotatable bonds is 4. The molecule has 1 aromatic rings. The van der Waals surface area contributed by atoms with Gasteiger partial charge in [-0.15, -0.1) is 0 Å². The van der Waals surface area contributed by atoms with Gasteiger partial charge in [-0.25, -0.2) is 9.18 Å². The van der Waals surface area contributed by atoms with Crippen molar-refractivity contribution in [2.75, 3.05) is 25.1 Å². The van der Waals surface area contributed by atoms with Crippen LogP contribution in [0.3, 0.4) is 0 Å². The number of alkyl halides is 2. The van der Waals surface area contributed by atoms with E-state index in [9.17, 15) is 18.0 Å². The molecule has 0 saturated carbocycles. The number of hydrogen-bond donors (Lipinski definition) is 1. The van der Waals surface area contributed by atoms with E-state index in [0.717, 1.165) is 18.6 Å². The number of benzene rings is 1. The minimum atomic E-state index is -3.10. The summed E-state index contributed by atoms with van der Waals surface area (Å²) in [5.74, 6) is -1.53. The molecule has 8 heteroatoms. The van der Waals surface area contributed by atoms with Crippen LogP contribution in [0.25, 0.3) is 0 Å². The van der Waals surface area contributed by atoms with Gasteiger partial charge in [0.2, 0.25) is 0 Å². The van der Waals surface area contributed by atoms with Crippen molar-refractivity contribution in [2.24, 2.45) is 0 Å². The van der Waals surface area contributed by atoms with Crippen LogP contribution in [-0.2, 0) is 4.74 Å². The highest BCUT2D eigenvalue weighted by Gasteiger charge is 2.26. The van der Waals surface area contributed by atoms with Gasteiger partial charge in [-0.1, -0.05) is 6.92 Å². The Balaban J connectivity index is 2.03. The summed E-state index contributed by atoms with van der Waals surface area (Å²) in [5.41, 5.74) is 0.172. The van der Waals surface area contributed by atoms with E-state index >= 15 is 0 Å². The molecule has 1 N–H and O–H groups in total. The van der Waals surface area contributed by atoms with Gasteiger partial charge in [-0.3, -0.25) is 0 Å². The van der Waals surface area contributed by atoms with Crippen molar-refractivity contribution in [3.63, 3.8) is 0 Å².